The predicted molar refractivity (Wildman–Crippen MR) is 30.7 cm³/mol. The molecule has 0 heterocycles. The van der Waals surface area contributed by atoms with Gasteiger partial charge in [0.2, 0.25) is 0 Å². The van der Waals surface area contributed by atoms with Crippen molar-refractivity contribution in [1.82, 2.24) is 5.32 Å². The predicted octanol–water partition coefficient (Wildman–Crippen LogP) is 0.486. The van der Waals surface area contributed by atoms with Gasteiger partial charge in [0.25, 0.3) is 6.43 Å². The number of alkyl halides is 2. The SMILES string of the molecule is CNC(COC)C(F)F. The van der Waals surface area contributed by atoms with Crippen LogP contribution in [0.3, 0.4) is 0 Å². The second-order valence-corrected chi connectivity index (χ2v) is 1.68. The fraction of sp³-hybridized carbons (Fsp3) is 1.00. The Morgan fingerprint density at radius 2 is 2.11 bits per heavy atom. The molecule has 2 nitrogen and oxygen atoms in total. The van der Waals surface area contributed by atoms with Crippen LogP contribution in [0.15, 0.2) is 0 Å². The highest BCUT2D eigenvalue weighted by Gasteiger charge is 2.16. The molecule has 4 heteroatoms. The van der Waals surface area contributed by atoms with Crippen LogP contribution in [-0.4, -0.2) is 33.2 Å². The maximum Gasteiger partial charge on any atom is 0.255 e. The van der Waals surface area contributed by atoms with E-state index in [1.807, 2.05) is 0 Å². The summed E-state index contributed by atoms with van der Waals surface area (Å²) in [4.78, 5) is 0. The van der Waals surface area contributed by atoms with Crippen LogP contribution in [0.2, 0.25) is 0 Å². The lowest BCUT2D eigenvalue weighted by Gasteiger charge is -2.12. The van der Waals surface area contributed by atoms with E-state index >= 15 is 0 Å². The van der Waals surface area contributed by atoms with Gasteiger partial charge in [-0.05, 0) is 7.05 Å². The molecule has 0 aromatic rings. The standard InChI is InChI=1S/C5H11F2NO/c1-8-4(3-9-2)5(6)7/h4-5,8H,3H2,1-2H3. The first-order valence-electron chi connectivity index (χ1n) is 2.66. The molecule has 0 aliphatic rings. The van der Waals surface area contributed by atoms with Crippen molar-refractivity contribution in [3.63, 3.8) is 0 Å². The van der Waals surface area contributed by atoms with Crippen molar-refractivity contribution in [3.8, 4) is 0 Å². The number of rotatable bonds is 4. The van der Waals surface area contributed by atoms with E-state index in [1.165, 1.54) is 14.2 Å². The minimum atomic E-state index is -2.35. The number of hydrogen-bond donors (Lipinski definition) is 1. The molecule has 0 aliphatic heterocycles. The Kier molecular flexibility index (Phi) is 4.53. The molecule has 0 aliphatic carbocycles. The van der Waals surface area contributed by atoms with Gasteiger partial charge >= 0.3 is 0 Å². The lowest BCUT2D eigenvalue weighted by atomic mass is 10.3. The zero-order valence-corrected chi connectivity index (χ0v) is 5.53. The summed E-state index contributed by atoms with van der Waals surface area (Å²) in [5.41, 5.74) is 0. The van der Waals surface area contributed by atoms with E-state index in [9.17, 15) is 8.78 Å². The number of likely N-dealkylation sites (N-methyl/N-ethyl adjacent to an activating group) is 1. The van der Waals surface area contributed by atoms with E-state index in [2.05, 4.69) is 10.1 Å². The van der Waals surface area contributed by atoms with Crippen molar-refractivity contribution in [3.05, 3.63) is 0 Å². The van der Waals surface area contributed by atoms with Gasteiger partial charge in [-0.2, -0.15) is 0 Å². The Balaban J connectivity index is 3.41. The zero-order chi connectivity index (χ0) is 7.28. The average molecular weight is 139 g/mol. The highest BCUT2D eigenvalue weighted by Crippen LogP contribution is 1.99. The van der Waals surface area contributed by atoms with Crippen molar-refractivity contribution in [2.45, 2.75) is 12.5 Å². The molecule has 0 rings (SSSR count). The van der Waals surface area contributed by atoms with E-state index in [4.69, 9.17) is 0 Å². The summed E-state index contributed by atoms with van der Waals surface area (Å²) in [6, 6.07) is -0.838. The molecule has 0 bridgehead atoms. The highest BCUT2D eigenvalue weighted by molar-refractivity contribution is 4.64. The monoisotopic (exact) mass is 139 g/mol. The minimum absolute atomic E-state index is 0.0498. The molecule has 0 saturated carbocycles. The fourth-order valence-corrected chi connectivity index (χ4v) is 0.462. The van der Waals surface area contributed by atoms with Crippen molar-refractivity contribution >= 4 is 0 Å². The maximum absolute atomic E-state index is 11.7. The third-order valence-corrected chi connectivity index (χ3v) is 1.02. The van der Waals surface area contributed by atoms with Gasteiger partial charge in [-0.15, -0.1) is 0 Å². The molecule has 1 N–H and O–H groups in total. The van der Waals surface area contributed by atoms with Gasteiger partial charge in [0.05, 0.1) is 12.6 Å². The third kappa shape index (κ3) is 3.37. The lowest BCUT2D eigenvalue weighted by Crippen LogP contribution is -2.36. The second-order valence-electron chi connectivity index (χ2n) is 1.68. The van der Waals surface area contributed by atoms with E-state index in [0.29, 0.717) is 0 Å². The van der Waals surface area contributed by atoms with Crippen LogP contribution in [0.25, 0.3) is 0 Å². The van der Waals surface area contributed by atoms with Gasteiger partial charge < -0.3 is 10.1 Å². The summed E-state index contributed by atoms with van der Waals surface area (Å²) in [7, 11) is 2.88. The van der Waals surface area contributed by atoms with Gasteiger partial charge in [0, 0.05) is 7.11 Å². The van der Waals surface area contributed by atoms with Gasteiger partial charge in [-0.3, -0.25) is 0 Å². The molecule has 0 aromatic carbocycles. The third-order valence-electron chi connectivity index (χ3n) is 1.02. The molecule has 1 unspecified atom stereocenters. The van der Waals surface area contributed by atoms with E-state index in [0.717, 1.165) is 0 Å². The van der Waals surface area contributed by atoms with E-state index < -0.39 is 12.5 Å². The zero-order valence-electron chi connectivity index (χ0n) is 5.53. The van der Waals surface area contributed by atoms with Crippen molar-refractivity contribution in [2.75, 3.05) is 20.8 Å². The van der Waals surface area contributed by atoms with Crippen LogP contribution in [0.1, 0.15) is 0 Å². The Labute approximate surface area is 53.2 Å². The average Bonchev–Trinajstić information content (AvgIpc) is 1.82. The summed E-state index contributed by atoms with van der Waals surface area (Å²) < 4.78 is 28.0. The minimum Gasteiger partial charge on any atom is -0.383 e. The molecule has 0 amide bonds. The Morgan fingerprint density at radius 3 is 2.22 bits per heavy atom. The Hall–Kier alpha value is -0.220. The molecule has 1 atom stereocenters. The molecule has 9 heavy (non-hydrogen) atoms. The van der Waals surface area contributed by atoms with Gasteiger partial charge in [-0.25, -0.2) is 8.78 Å². The van der Waals surface area contributed by atoms with Crippen LogP contribution in [0, 0.1) is 0 Å². The van der Waals surface area contributed by atoms with Crippen molar-refractivity contribution in [2.24, 2.45) is 0 Å². The molecule has 56 valence electrons. The largest absolute Gasteiger partial charge is 0.383 e. The quantitative estimate of drug-likeness (QED) is 0.612. The summed E-state index contributed by atoms with van der Waals surface area (Å²) >= 11 is 0. The van der Waals surface area contributed by atoms with Crippen LogP contribution < -0.4 is 5.32 Å². The Morgan fingerprint density at radius 1 is 1.56 bits per heavy atom. The lowest BCUT2D eigenvalue weighted by molar-refractivity contribution is 0.0526. The Bertz CT molecular complexity index is 70.0. The number of hydrogen-bond acceptors (Lipinski definition) is 2. The van der Waals surface area contributed by atoms with Gasteiger partial charge in [0.1, 0.15) is 0 Å². The van der Waals surface area contributed by atoms with Gasteiger partial charge in [0.15, 0.2) is 0 Å². The van der Waals surface area contributed by atoms with Crippen molar-refractivity contribution in [1.29, 1.82) is 0 Å². The van der Waals surface area contributed by atoms with E-state index in [-0.39, 0.29) is 6.61 Å². The molecular formula is C5H11F2NO. The van der Waals surface area contributed by atoms with E-state index in [1.54, 1.807) is 0 Å². The summed E-state index contributed by atoms with van der Waals surface area (Å²) in [5.74, 6) is 0. The number of halogens is 2. The number of nitrogens with one attached hydrogen (secondary N) is 1. The van der Waals surface area contributed by atoms with Gasteiger partial charge in [-0.1, -0.05) is 0 Å². The number of methoxy groups -OCH3 is 1. The second kappa shape index (κ2) is 4.64. The first-order valence-corrected chi connectivity index (χ1v) is 2.66. The highest BCUT2D eigenvalue weighted by atomic mass is 19.3. The topological polar surface area (TPSA) is 21.3 Å². The molecule has 0 spiro atoms. The molecule has 0 aromatic heterocycles. The smallest absolute Gasteiger partial charge is 0.255 e. The first kappa shape index (κ1) is 8.78. The van der Waals surface area contributed by atoms with Crippen molar-refractivity contribution < 1.29 is 13.5 Å². The maximum atomic E-state index is 11.7. The summed E-state index contributed by atoms with van der Waals surface area (Å²) in [5, 5.41) is 2.43. The fourth-order valence-electron chi connectivity index (χ4n) is 0.462. The first-order chi connectivity index (χ1) is 4.22. The normalized spacial score (nSPS) is 14.3. The summed E-state index contributed by atoms with van der Waals surface area (Å²) in [6.45, 7) is 0.0498. The molecule has 0 saturated heterocycles. The molecule has 0 radical (unpaired) electrons. The summed E-state index contributed by atoms with van der Waals surface area (Å²) in [6.07, 6.45) is -2.35. The molecular weight excluding hydrogens is 128 g/mol. The van der Waals surface area contributed by atoms with Crippen LogP contribution in [0.4, 0.5) is 8.78 Å². The van der Waals surface area contributed by atoms with Crippen LogP contribution in [0.5, 0.6) is 0 Å². The van der Waals surface area contributed by atoms with Crippen LogP contribution in [-0.2, 0) is 4.74 Å². The number of ether oxygens (including phenoxy) is 1. The van der Waals surface area contributed by atoms with Crippen LogP contribution >= 0.6 is 0 Å². The molecule has 0 fully saturated rings.